The second-order valence-corrected chi connectivity index (χ2v) is 6.35. The standard InChI is InChI=1S/C12H13F2NO4S/c1-19-12(16)8-4-5-15(7-8)20(17,18)11-3-2-9(13)6-10(11)14/h2-3,6,8H,4-5,7H2,1H3. The fourth-order valence-electron chi connectivity index (χ4n) is 2.13. The number of carbonyl (C=O) groups excluding carboxylic acids is 1. The van der Waals surface area contributed by atoms with Gasteiger partial charge in [0.1, 0.15) is 16.5 Å². The maximum absolute atomic E-state index is 13.6. The number of methoxy groups -OCH3 is 1. The van der Waals surface area contributed by atoms with Crippen LogP contribution in [0.5, 0.6) is 0 Å². The predicted octanol–water partition coefficient (Wildman–Crippen LogP) is 1.15. The van der Waals surface area contributed by atoms with E-state index in [1.807, 2.05) is 0 Å². The van der Waals surface area contributed by atoms with Gasteiger partial charge in [0.05, 0.1) is 13.0 Å². The Bertz CT molecular complexity index is 632. The van der Waals surface area contributed by atoms with Gasteiger partial charge >= 0.3 is 5.97 Å². The van der Waals surface area contributed by atoms with Crippen molar-refractivity contribution in [3.63, 3.8) is 0 Å². The summed E-state index contributed by atoms with van der Waals surface area (Å²) >= 11 is 0. The quantitative estimate of drug-likeness (QED) is 0.786. The van der Waals surface area contributed by atoms with E-state index in [0.717, 1.165) is 16.4 Å². The zero-order valence-electron chi connectivity index (χ0n) is 10.7. The molecule has 1 aromatic rings. The SMILES string of the molecule is COC(=O)C1CCN(S(=O)(=O)c2ccc(F)cc2F)C1. The maximum Gasteiger partial charge on any atom is 0.310 e. The number of carbonyl (C=O) groups is 1. The summed E-state index contributed by atoms with van der Waals surface area (Å²) in [5.74, 6) is -3.05. The molecule has 0 aliphatic carbocycles. The number of ether oxygens (including phenoxy) is 1. The second-order valence-electron chi connectivity index (χ2n) is 4.45. The van der Waals surface area contributed by atoms with Gasteiger partial charge in [0.2, 0.25) is 10.0 Å². The van der Waals surface area contributed by atoms with Crippen LogP contribution in [0.25, 0.3) is 0 Å². The van der Waals surface area contributed by atoms with Gasteiger partial charge in [-0.2, -0.15) is 4.31 Å². The summed E-state index contributed by atoms with van der Waals surface area (Å²) in [7, 11) is -2.86. The zero-order chi connectivity index (χ0) is 14.9. The molecular formula is C12H13F2NO4S. The van der Waals surface area contributed by atoms with Crippen LogP contribution in [0, 0.1) is 17.6 Å². The monoisotopic (exact) mass is 305 g/mol. The normalized spacial score (nSPS) is 20.1. The van der Waals surface area contributed by atoms with Gasteiger partial charge in [0.15, 0.2) is 0 Å². The maximum atomic E-state index is 13.6. The van der Waals surface area contributed by atoms with Crippen molar-refractivity contribution in [1.29, 1.82) is 0 Å². The molecule has 1 aromatic carbocycles. The molecule has 1 aliphatic heterocycles. The van der Waals surface area contributed by atoms with Crippen LogP contribution in [-0.4, -0.2) is 38.9 Å². The molecule has 1 saturated heterocycles. The largest absolute Gasteiger partial charge is 0.469 e. The number of halogens is 2. The summed E-state index contributed by atoms with van der Waals surface area (Å²) in [6.07, 6.45) is 0.314. The van der Waals surface area contributed by atoms with E-state index in [1.54, 1.807) is 0 Å². The lowest BCUT2D eigenvalue weighted by molar-refractivity contribution is -0.144. The van der Waals surface area contributed by atoms with E-state index in [9.17, 15) is 22.0 Å². The molecule has 2 rings (SSSR count). The predicted molar refractivity (Wildman–Crippen MR) is 65.2 cm³/mol. The van der Waals surface area contributed by atoms with E-state index in [2.05, 4.69) is 4.74 Å². The molecule has 0 N–H and O–H groups in total. The third-order valence-electron chi connectivity index (χ3n) is 3.20. The van der Waals surface area contributed by atoms with Crippen molar-refractivity contribution in [2.24, 2.45) is 5.92 Å². The number of hydrogen-bond acceptors (Lipinski definition) is 4. The summed E-state index contributed by atoms with van der Waals surface area (Å²) in [4.78, 5) is 10.8. The van der Waals surface area contributed by atoms with Gasteiger partial charge in [-0.1, -0.05) is 0 Å². The van der Waals surface area contributed by atoms with Crippen molar-refractivity contribution in [3.8, 4) is 0 Å². The first-order chi connectivity index (χ1) is 9.36. The van der Waals surface area contributed by atoms with Gasteiger partial charge in [-0.25, -0.2) is 17.2 Å². The Morgan fingerprint density at radius 1 is 1.40 bits per heavy atom. The Balaban J connectivity index is 2.26. The van der Waals surface area contributed by atoms with E-state index in [1.165, 1.54) is 7.11 Å². The first-order valence-corrected chi connectivity index (χ1v) is 7.33. The molecule has 1 heterocycles. The number of rotatable bonds is 3. The molecule has 0 radical (unpaired) electrons. The average Bonchev–Trinajstić information content (AvgIpc) is 2.87. The molecule has 0 bridgehead atoms. The highest BCUT2D eigenvalue weighted by atomic mass is 32.2. The zero-order valence-corrected chi connectivity index (χ0v) is 11.5. The molecule has 0 saturated carbocycles. The van der Waals surface area contributed by atoms with Crippen molar-refractivity contribution >= 4 is 16.0 Å². The van der Waals surface area contributed by atoms with Gasteiger partial charge in [-0.15, -0.1) is 0 Å². The Morgan fingerprint density at radius 3 is 2.70 bits per heavy atom. The van der Waals surface area contributed by atoms with Crippen LogP contribution < -0.4 is 0 Å². The molecule has 1 fully saturated rings. The summed E-state index contributed by atoms with van der Waals surface area (Å²) < 4.78 is 56.4. The molecule has 0 spiro atoms. The van der Waals surface area contributed by atoms with Crippen LogP contribution in [0.15, 0.2) is 23.1 Å². The first kappa shape index (κ1) is 14.9. The number of hydrogen-bond donors (Lipinski definition) is 0. The molecule has 110 valence electrons. The van der Waals surface area contributed by atoms with Crippen LogP contribution in [0.2, 0.25) is 0 Å². The molecule has 1 unspecified atom stereocenters. The van der Waals surface area contributed by atoms with Gasteiger partial charge in [0.25, 0.3) is 0 Å². The molecule has 0 amide bonds. The molecule has 1 atom stereocenters. The second kappa shape index (κ2) is 5.45. The number of nitrogens with zero attached hydrogens (tertiary/aromatic N) is 1. The fraction of sp³-hybridized carbons (Fsp3) is 0.417. The number of esters is 1. The Kier molecular flexibility index (Phi) is 4.05. The number of sulfonamides is 1. The van der Waals surface area contributed by atoms with Gasteiger partial charge < -0.3 is 4.74 Å². The van der Waals surface area contributed by atoms with E-state index >= 15 is 0 Å². The Hall–Kier alpha value is -1.54. The van der Waals surface area contributed by atoms with E-state index in [-0.39, 0.29) is 13.1 Å². The molecule has 5 nitrogen and oxygen atoms in total. The minimum absolute atomic E-state index is 0.0637. The lowest BCUT2D eigenvalue weighted by Crippen LogP contribution is -2.31. The third kappa shape index (κ3) is 2.66. The minimum atomic E-state index is -4.08. The molecular weight excluding hydrogens is 292 g/mol. The summed E-state index contributed by atoms with van der Waals surface area (Å²) in [5, 5.41) is 0. The Labute approximate surface area is 115 Å². The van der Waals surface area contributed by atoms with Crippen molar-refractivity contribution in [3.05, 3.63) is 29.8 Å². The van der Waals surface area contributed by atoms with Crippen LogP contribution in [-0.2, 0) is 19.6 Å². The van der Waals surface area contributed by atoms with E-state index < -0.39 is 38.4 Å². The molecule has 0 aromatic heterocycles. The van der Waals surface area contributed by atoms with Gasteiger partial charge in [0, 0.05) is 19.2 Å². The lowest BCUT2D eigenvalue weighted by Gasteiger charge is -2.16. The minimum Gasteiger partial charge on any atom is -0.469 e. The van der Waals surface area contributed by atoms with E-state index in [4.69, 9.17) is 0 Å². The fourth-order valence-corrected chi connectivity index (χ4v) is 3.67. The van der Waals surface area contributed by atoms with Gasteiger partial charge in [-0.3, -0.25) is 4.79 Å². The summed E-state index contributed by atoms with van der Waals surface area (Å²) in [5.41, 5.74) is 0. The van der Waals surface area contributed by atoms with Gasteiger partial charge in [-0.05, 0) is 18.6 Å². The van der Waals surface area contributed by atoms with Crippen molar-refractivity contribution < 1.29 is 26.7 Å². The topological polar surface area (TPSA) is 63.7 Å². The van der Waals surface area contributed by atoms with Crippen LogP contribution in [0.3, 0.4) is 0 Å². The summed E-state index contributed by atoms with van der Waals surface area (Å²) in [6.45, 7) is 0.0325. The third-order valence-corrected chi connectivity index (χ3v) is 5.10. The van der Waals surface area contributed by atoms with E-state index in [0.29, 0.717) is 12.5 Å². The van der Waals surface area contributed by atoms with Crippen molar-refractivity contribution in [2.45, 2.75) is 11.3 Å². The lowest BCUT2D eigenvalue weighted by atomic mass is 10.1. The summed E-state index contributed by atoms with van der Waals surface area (Å²) in [6, 6.07) is 2.27. The number of benzene rings is 1. The molecule has 8 heteroatoms. The highest BCUT2D eigenvalue weighted by Gasteiger charge is 2.37. The molecule has 1 aliphatic rings. The van der Waals surface area contributed by atoms with Crippen LogP contribution in [0.4, 0.5) is 8.78 Å². The highest BCUT2D eigenvalue weighted by molar-refractivity contribution is 7.89. The van der Waals surface area contributed by atoms with Crippen LogP contribution >= 0.6 is 0 Å². The highest BCUT2D eigenvalue weighted by Crippen LogP contribution is 2.26. The first-order valence-electron chi connectivity index (χ1n) is 5.89. The molecule has 20 heavy (non-hydrogen) atoms. The average molecular weight is 305 g/mol. The van der Waals surface area contributed by atoms with Crippen molar-refractivity contribution in [1.82, 2.24) is 4.31 Å². The van der Waals surface area contributed by atoms with Crippen LogP contribution in [0.1, 0.15) is 6.42 Å². The van der Waals surface area contributed by atoms with Crippen molar-refractivity contribution in [2.75, 3.05) is 20.2 Å². The smallest absolute Gasteiger partial charge is 0.310 e. The Morgan fingerprint density at radius 2 is 2.10 bits per heavy atom.